The van der Waals surface area contributed by atoms with E-state index in [1.54, 1.807) is 10.6 Å². The van der Waals surface area contributed by atoms with Crippen LogP contribution in [0.3, 0.4) is 0 Å². The van der Waals surface area contributed by atoms with Crippen LogP contribution >= 0.6 is 11.8 Å². The topological polar surface area (TPSA) is 93.6 Å². The molecule has 2 heterocycles. The molecule has 0 aliphatic rings. The summed E-state index contributed by atoms with van der Waals surface area (Å²) in [4.78, 5) is 34.8. The van der Waals surface area contributed by atoms with Crippen molar-refractivity contribution in [3.63, 3.8) is 0 Å². The van der Waals surface area contributed by atoms with Crippen molar-refractivity contribution in [2.24, 2.45) is 7.05 Å². The van der Waals surface area contributed by atoms with Crippen LogP contribution in [0, 0.1) is 11.3 Å². The normalized spacial score (nSPS) is 11.2. The van der Waals surface area contributed by atoms with Crippen molar-refractivity contribution in [3.05, 3.63) is 62.1 Å². The lowest BCUT2D eigenvalue weighted by Crippen LogP contribution is -2.39. The van der Waals surface area contributed by atoms with Gasteiger partial charge < -0.3 is 0 Å². The summed E-state index contributed by atoms with van der Waals surface area (Å²) in [5, 5.41) is 10.2. The molecule has 3 aromatic rings. The third kappa shape index (κ3) is 3.96. The maximum absolute atomic E-state index is 12.9. The minimum Gasteiger partial charge on any atom is -0.277 e. The Kier molecular flexibility index (Phi) is 6.18. The van der Waals surface area contributed by atoms with Crippen LogP contribution in [-0.4, -0.2) is 19.1 Å². The van der Waals surface area contributed by atoms with Gasteiger partial charge in [-0.3, -0.25) is 13.9 Å². The molecule has 1 aromatic carbocycles. The number of nitriles is 1. The number of fused-ring (bicyclic) bond motifs is 1. The van der Waals surface area contributed by atoms with Gasteiger partial charge in [0.2, 0.25) is 0 Å². The van der Waals surface area contributed by atoms with Gasteiger partial charge in [-0.25, -0.2) is 14.8 Å². The molecule has 0 fully saturated rings. The molecule has 0 spiro atoms. The molecule has 0 atom stereocenters. The Morgan fingerprint density at radius 1 is 1.21 bits per heavy atom. The highest BCUT2D eigenvalue weighted by atomic mass is 32.2. The largest absolute Gasteiger partial charge is 0.332 e. The van der Waals surface area contributed by atoms with Crippen LogP contribution in [0.2, 0.25) is 0 Å². The first-order chi connectivity index (χ1) is 13.9. The van der Waals surface area contributed by atoms with Crippen molar-refractivity contribution in [2.75, 3.05) is 0 Å². The standard InChI is InChI=1S/C21H23N5O2S/c1-5-10-26-18-16(20(27)25(4)21(26)28)19(24-17(23-18)13(2)3)29-12-15-9-7-6-8-14(15)11-22/h6-9,13H,5,10,12H2,1-4H3. The lowest BCUT2D eigenvalue weighted by molar-refractivity contribution is 0.603. The SMILES string of the molecule is CCCn1c(=O)n(C)c(=O)c2c(SCc3ccccc3C#N)nc(C(C)C)nc21. The van der Waals surface area contributed by atoms with Gasteiger partial charge in [-0.1, -0.05) is 39.0 Å². The average molecular weight is 410 g/mol. The van der Waals surface area contributed by atoms with Crippen LogP contribution in [0.4, 0.5) is 0 Å². The van der Waals surface area contributed by atoms with E-state index in [-0.39, 0.29) is 11.6 Å². The quantitative estimate of drug-likeness (QED) is 0.458. The molecule has 3 rings (SSSR count). The maximum Gasteiger partial charge on any atom is 0.332 e. The Hall–Kier alpha value is -2.92. The third-order valence-corrected chi connectivity index (χ3v) is 5.66. The first-order valence-electron chi connectivity index (χ1n) is 9.51. The first kappa shape index (κ1) is 20.8. The molecule has 0 radical (unpaired) electrons. The molecule has 0 aliphatic carbocycles. The molecule has 0 saturated heterocycles. The van der Waals surface area contributed by atoms with Gasteiger partial charge in [-0.15, -0.1) is 11.8 Å². The van der Waals surface area contributed by atoms with Crippen LogP contribution in [0.15, 0.2) is 38.9 Å². The van der Waals surface area contributed by atoms with Crippen molar-refractivity contribution >= 4 is 22.8 Å². The van der Waals surface area contributed by atoms with Gasteiger partial charge in [0.15, 0.2) is 5.65 Å². The summed E-state index contributed by atoms with van der Waals surface area (Å²) in [5.41, 5.74) is 1.08. The zero-order valence-electron chi connectivity index (χ0n) is 17.0. The molecule has 0 saturated carbocycles. The number of rotatable bonds is 6. The molecule has 2 aromatic heterocycles. The molecule has 0 N–H and O–H groups in total. The second kappa shape index (κ2) is 8.62. The van der Waals surface area contributed by atoms with Gasteiger partial charge in [-0.05, 0) is 18.1 Å². The summed E-state index contributed by atoms with van der Waals surface area (Å²) in [6.45, 7) is 6.40. The monoisotopic (exact) mass is 409 g/mol. The number of nitrogens with zero attached hydrogens (tertiary/aromatic N) is 5. The van der Waals surface area contributed by atoms with Crippen LogP contribution in [0.5, 0.6) is 0 Å². The summed E-state index contributed by atoms with van der Waals surface area (Å²) in [6, 6.07) is 9.56. The van der Waals surface area contributed by atoms with Crippen LogP contribution in [-0.2, 0) is 19.3 Å². The molecule has 0 aliphatic heterocycles. The number of hydrogen-bond acceptors (Lipinski definition) is 6. The predicted octanol–water partition coefficient (Wildman–Crippen LogP) is 3.19. The number of benzene rings is 1. The van der Waals surface area contributed by atoms with Crippen molar-refractivity contribution in [1.29, 1.82) is 5.26 Å². The molecule has 150 valence electrons. The highest BCUT2D eigenvalue weighted by molar-refractivity contribution is 7.98. The minimum absolute atomic E-state index is 0.0411. The zero-order valence-corrected chi connectivity index (χ0v) is 17.8. The predicted molar refractivity (Wildman–Crippen MR) is 114 cm³/mol. The van der Waals surface area contributed by atoms with Crippen molar-refractivity contribution in [3.8, 4) is 6.07 Å². The summed E-state index contributed by atoms with van der Waals surface area (Å²) < 4.78 is 2.67. The summed E-state index contributed by atoms with van der Waals surface area (Å²) in [7, 11) is 1.48. The number of thioether (sulfide) groups is 1. The number of aryl methyl sites for hydroxylation is 1. The smallest absolute Gasteiger partial charge is 0.277 e. The fraction of sp³-hybridized carbons (Fsp3) is 0.381. The molecule has 0 amide bonds. The Balaban J connectivity index is 2.24. The van der Waals surface area contributed by atoms with Crippen molar-refractivity contribution in [2.45, 2.75) is 50.4 Å². The summed E-state index contributed by atoms with van der Waals surface area (Å²) in [5.74, 6) is 1.12. The van der Waals surface area contributed by atoms with E-state index in [0.717, 1.165) is 16.6 Å². The van der Waals surface area contributed by atoms with E-state index in [4.69, 9.17) is 0 Å². The molecule has 7 nitrogen and oxygen atoms in total. The molecule has 8 heteroatoms. The lowest BCUT2D eigenvalue weighted by Gasteiger charge is -2.15. The number of aromatic nitrogens is 4. The van der Waals surface area contributed by atoms with Gasteiger partial charge in [0.25, 0.3) is 5.56 Å². The minimum atomic E-state index is -0.399. The van der Waals surface area contributed by atoms with E-state index in [0.29, 0.717) is 39.7 Å². The van der Waals surface area contributed by atoms with E-state index in [1.165, 1.54) is 18.8 Å². The van der Waals surface area contributed by atoms with E-state index < -0.39 is 5.56 Å². The van der Waals surface area contributed by atoms with E-state index in [2.05, 4.69) is 16.0 Å². The van der Waals surface area contributed by atoms with Crippen LogP contribution in [0.1, 0.15) is 50.1 Å². The van der Waals surface area contributed by atoms with Crippen LogP contribution in [0.25, 0.3) is 11.0 Å². The van der Waals surface area contributed by atoms with Gasteiger partial charge in [0, 0.05) is 25.3 Å². The average Bonchev–Trinajstić information content (AvgIpc) is 2.73. The van der Waals surface area contributed by atoms with E-state index in [1.807, 2.05) is 39.0 Å². The molecule has 29 heavy (non-hydrogen) atoms. The maximum atomic E-state index is 12.9. The highest BCUT2D eigenvalue weighted by Crippen LogP contribution is 2.28. The Morgan fingerprint density at radius 2 is 1.93 bits per heavy atom. The molecular formula is C21H23N5O2S. The second-order valence-corrected chi connectivity index (χ2v) is 8.06. The van der Waals surface area contributed by atoms with Gasteiger partial charge >= 0.3 is 5.69 Å². The van der Waals surface area contributed by atoms with Gasteiger partial charge in [0.05, 0.1) is 11.6 Å². The Bertz CT molecular complexity index is 1220. The summed E-state index contributed by atoms with van der Waals surface area (Å²) in [6.07, 6.45) is 0.742. The van der Waals surface area contributed by atoms with Crippen LogP contribution < -0.4 is 11.2 Å². The fourth-order valence-electron chi connectivity index (χ4n) is 3.04. The van der Waals surface area contributed by atoms with Crippen molar-refractivity contribution in [1.82, 2.24) is 19.1 Å². The summed E-state index contributed by atoms with van der Waals surface area (Å²) >= 11 is 1.39. The third-order valence-electron chi connectivity index (χ3n) is 4.63. The Labute approximate surface area is 173 Å². The zero-order chi connectivity index (χ0) is 21.1. The molecular weight excluding hydrogens is 386 g/mol. The highest BCUT2D eigenvalue weighted by Gasteiger charge is 2.20. The number of hydrogen-bond donors (Lipinski definition) is 0. The molecule has 0 bridgehead atoms. The van der Waals surface area contributed by atoms with E-state index >= 15 is 0 Å². The second-order valence-electron chi connectivity index (χ2n) is 7.10. The van der Waals surface area contributed by atoms with Gasteiger partial charge in [-0.2, -0.15) is 5.26 Å². The van der Waals surface area contributed by atoms with Crippen molar-refractivity contribution < 1.29 is 0 Å². The first-order valence-corrected chi connectivity index (χ1v) is 10.5. The fourth-order valence-corrected chi connectivity index (χ4v) is 4.07. The van der Waals surface area contributed by atoms with E-state index in [9.17, 15) is 14.9 Å². The Morgan fingerprint density at radius 3 is 2.59 bits per heavy atom. The lowest BCUT2D eigenvalue weighted by atomic mass is 10.1. The molecule has 0 unspecified atom stereocenters. The van der Waals surface area contributed by atoms with Gasteiger partial charge in [0.1, 0.15) is 16.2 Å².